The average molecular weight is 285 g/mol. The van der Waals surface area contributed by atoms with Gasteiger partial charge in [0.25, 0.3) is 0 Å². The van der Waals surface area contributed by atoms with Gasteiger partial charge in [-0.1, -0.05) is 27.5 Å². The molecule has 1 aromatic rings. The first-order chi connectivity index (χ1) is 4.75. The van der Waals surface area contributed by atoms with Crippen molar-refractivity contribution in [1.82, 2.24) is 4.98 Å². The van der Waals surface area contributed by atoms with E-state index in [0.717, 1.165) is 15.4 Å². The zero-order valence-electron chi connectivity index (χ0n) is 4.94. The van der Waals surface area contributed by atoms with E-state index in [4.69, 9.17) is 11.6 Å². The van der Waals surface area contributed by atoms with Crippen LogP contribution in [0.5, 0.6) is 0 Å². The second-order valence-corrected chi connectivity index (χ2v) is 3.42. The molecule has 0 unspecified atom stereocenters. The SMILES string of the molecule is Clc1nccc(CBr)c1Br. The number of hydrogen-bond donors (Lipinski definition) is 0. The number of alkyl halides is 1. The van der Waals surface area contributed by atoms with Gasteiger partial charge in [0.2, 0.25) is 0 Å². The van der Waals surface area contributed by atoms with E-state index in [1.54, 1.807) is 6.20 Å². The van der Waals surface area contributed by atoms with E-state index in [2.05, 4.69) is 36.8 Å². The van der Waals surface area contributed by atoms with Crippen LogP contribution < -0.4 is 0 Å². The molecule has 54 valence electrons. The molecule has 0 radical (unpaired) electrons. The van der Waals surface area contributed by atoms with Crippen molar-refractivity contribution in [2.24, 2.45) is 0 Å². The van der Waals surface area contributed by atoms with Crippen LogP contribution in [0.2, 0.25) is 5.15 Å². The molecule has 0 fully saturated rings. The van der Waals surface area contributed by atoms with Crippen molar-refractivity contribution in [3.05, 3.63) is 27.5 Å². The minimum atomic E-state index is 0.511. The van der Waals surface area contributed by atoms with E-state index in [-0.39, 0.29) is 0 Å². The Hall–Kier alpha value is 0.400. The Morgan fingerprint density at radius 2 is 2.30 bits per heavy atom. The molecule has 4 heteroatoms. The standard InChI is InChI=1S/C6H4Br2ClN/c7-3-4-1-2-10-6(9)5(4)8/h1-2H,3H2. The van der Waals surface area contributed by atoms with Gasteiger partial charge in [0.1, 0.15) is 5.15 Å². The lowest BCUT2D eigenvalue weighted by Gasteiger charge is -1.98. The summed E-state index contributed by atoms with van der Waals surface area (Å²) in [7, 11) is 0. The van der Waals surface area contributed by atoms with Gasteiger partial charge in [0, 0.05) is 11.5 Å². The third-order valence-corrected chi connectivity index (χ3v) is 3.07. The topological polar surface area (TPSA) is 12.9 Å². The molecule has 0 N–H and O–H groups in total. The maximum absolute atomic E-state index is 5.71. The molecule has 1 nitrogen and oxygen atoms in total. The van der Waals surface area contributed by atoms with Gasteiger partial charge in [-0.25, -0.2) is 4.98 Å². The van der Waals surface area contributed by atoms with Crippen LogP contribution in [0, 0.1) is 0 Å². The minimum Gasteiger partial charge on any atom is -0.243 e. The van der Waals surface area contributed by atoms with Crippen molar-refractivity contribution in [1.29, 1.82) is 0 Å². The van der Waals surface area contributed by atoms with E-state index < -0.39 is 0 Å². The normalized spacial score (nSPS) is 9.90. The summed E-state index contributed by atoms with van der Waals surface area (Å²) < 4.78 is 0.869. The molecule has 0 spiro atoms. The molecule has 0 atom stereocenters. The summed E-state index contributed by atoms with van der Waals surface area (Å²) in [6.45, 7) is 0. The summed E-state index contributed by atoms with van der Waals surface area (Å²) in [5.74, 6) is 0. The first-order valence-electron chi connectivity index (χ1n) is 2.60. The molecule has 0 aromatic carbocycles. The molecule has 1 heterocycles. The lowest BCUT2D eigenvalue weighted by molar-refractivity contribution is 1.25. The summed E-state index contributed by atoms with van der Waals surface area (Å²) >= 11 is 12.4. The smallest absolute Gasteiger partial charge is 0.143 e. The number of halogens is 3. The van der Waals surface area contributed by atoms with Crippen molar-refractivity contribution >= 4 is 43.5 Å². The maximum atomic E-state index is 5.71. The van der Waals surface area contributed by atoms with Crippen molar-refractivity contribution in [2.75, 3.05) is 0 Å². The van der Waals surface area contributed by atoms with E-state index in [0.29, 0.717) is 5.15 Å². The highest BCUT2D eigenvalue weighted by atomic mass is 79.9. The first-order valence-corrected chi connectivity index (χ1v) is 4.90. The molecule has 0 saturated carbocycles. The zero-order chi connectivity index (χ0) is 7.56. The van der Waals surface area contributed by atoms with E-state index in [1.165, 1.54) is 0 Å². The highest BCUT2D eigenvalue weighted by molar-refractivity contribution is 9.10. The van der Waals surface area contributed by atoms with Gasteiger partial charge in [-0.05, 0) is 27.6 Å². The predicted molar refractivity (Wildman–Crippen MR) is 49.6 cm³/mol. The molecule has 0 aliphatic carbocycles. The molecule has 0 bridgehead atoms. The summed E-state index contributed by atoms with van der Waals surface area (Å²) in [5, 5.41) is 1.30. The Morgan fingerprint density at radius 3 is 2.80 bits per heavy atom. The van der Waals surface area contributed by atoms with E-state index >= 15 is 0 Å². The maximum Gasteiger partial charge on any atom is 0.143 e. The van der Waals surface area contributed by atoms with Gasteiger partial charge in [-0.2, -0.15) is 0 Å². The second kappa shape index (κ2) is 3.69. The van der Waals surface area contributed by atoms with Crippen molar-refractivity contribution in [3.63, 3.8) is 0 Å². The van der Waals surface area contributed by atoms with Crippen LogP contribution in [0.3, 0.4) is 0 Å². The highest BCUT2D eigenvalue weighted by Gasteiger charge is 2.01. The Balaban J connectivity index is 3.14. The molecule has 10 heavy (non-hydrogen) atoms. The fourth-order valence-electron chi connectivity index (χ4n) is 0.558. The molecule has 0 amide bonds. The van der Waals surface area contributed by atoms with Crippen molar-refractivity contribution < 1.29 is 0 Å². The van der Waals surface area contributed by atoms with Crippen LogP contribution in [0.25, 0.3) is 0 Å². The third kappa shape index (κ3) is 1.71. The predicted octanol–water partition coefficient (Wildman–Crippen LogP) is 3.39. The van der Waals surface area contributed by atoms with Crippen LogP contribution >= 0.6 is 43.5 Å². The number of aromatic nitrogens is 1. The second-order valence-electron chi connectivity index (χ2n) is 1.71. The van der Waals surface area contributed by atoms with Gasteiger partial charge < -0.3 is 0 Å². The average Bonchev–Trinajstić information content (AvgIpc) is 1.95. The Kier molecular flexibility index (Phi) is 3.14. The molecule has 0 aliphatic heterocycles. The first kappa shape index (κ1) is 8.50. The molecular weight excluding hydrogens is 281 g/mol. The Labute approximate surface area is 81.1 Å². The fourth-order valence-corrected chi connectivity index (χ4v) is 1.95. The van der Waals surface area contributed by atoms with Crippen LogP contribution in [0.4, 0.5) is 0 Å². The molecule has 0 aliphatic rings. The lowest BCUT2D eigenvalue weighted by atomic mass is 10.3. The van der Waals surface area contributed by atoms with Gasteiger partial charge in [-0.15, -0.1) is 0 Å². The van der Waals surface area contributed by atoms with Crippen LogP contribution in [0.15, 0.2) is 16.7 Å². The molecule has 0 saturated heterocycles. The zero-order valence-corrected chi connectivity index (χ0v) is 8.87. The summed E-state index contributed by atoms with van der Waals surface area (Å²) in [6, 6.07) is 1.91. The summed E-state index contributed by atoms with van der Waals surface area (Å²) in [5.41, 5.74) is 1.11. The highest BCUT2D eigenvalue weighted by Crippen LogP contribution is 2.25. The number of rotatable bonds is 1. The Morgan fingerprint density at radius 1 is 1.60 bits per heavy atom. The molecule has 1 rings (SSSR count). The quantitative estimate of drug-likeness (QED) is 0.569. The van der Waals surface area contributed by atoms with Crippen LogP contribution in [-0.4, -0.2) is 4.98 Å². The lowest BCUT2D eigenvalue weighted by Crippen LogP contribution is -1.83. The number of pyridine rings is 1. The third-order valence-electron chi connectivity index (χ3n) is 1.07. The monoisotopic (exact) mass is 283 g/mol. The van der Waals surface area contributed by atoms with Gasteiger partial charge in [0.15, 0.2) is 0 Å². The van der Waals surface area contributed by atoms with Gasteiger partial charge in [0.05, 0.1) is 4.47 Å². The molecule has 1 aromatic heterocycles. The van der Waals surface area contributed by atoms with E-state index in [1.807, 2.05) is 6.07 Å². The van der Waals surface area contributed by atoms with Crippen LogP contribution in [0.1, 0.15) is 5.56 Å². The minimum absolute atomic E-state index is 0.511. The number of hydrogen-bond acceptors (Lipinski definition) is 1. The fraction of sp³-hybridized carbons (Fsp3) is 0.167. The van der Waals surface area contributed by atoms with Crippen molar-refractivity contribution in [2.45, 2.75) is 5.33 Å². The van der Waals surface area contributed by atoms with Gasteiger partial charge in [-0.3, -0.25) is 0 Å². The van der Waals surface area contributed by atoms with Gasteiger partial charge >= 0.3 is 0 Å². The van der Waals surface area contributed by atoms with E-state index in [9.17, 15) is 0 Å². The Bertz CT molecular complexity index is 239. The molecular formula is C6H4Br2ClN. The summed E-state index contributed by atoms with van der Waals surface area (Å²) in [6.07, 6.45) is 1.68. The van der Waals surface area contributed by atoms with Crippen LogP contribution in [-0.2, 0) is 5.33 Å². The largest absolute Gasteiger partial charge is 0.243 e. The summed E-state index contributed by atoms with van der Waals surface area (Å²) in [4.78, 5) is 3.89. The number of nitrogens with zero attached hydrogens (tertiary/aromatic N) is 1. The van der Waals surface area contributed by atoms with Crippen molar-refractivity contribution in [3.8, 4) is 0 Å².